The third-order valence-corrected chi connectivity index (χ3v) is 6.55. The van der Waals surface area contributed by atoms with Gasteiger partial charge in [0.2, 0.25) is 10.0 Å². The van der Waals surface area contributed by atoms with E-state index in [1.54, 1.807) is 25.1 Å². The molecule has 122 valence electrons. The van der Waals surface area contributed by atoms with E-state index >= 15 is 0 Å². The van der Waals surface area contributed by atoms with Crippen LogP contribution in [0.25, 0.3) is 0 Å². The second kappa shape index (κ2) is 7.10. The lowest BCUT2D eigenvalue weighted by Crippen LogP contribution is -2.42. The summed E-state index contributed by atoms with van der Waals surface area (Å²) < 4.78 is 32.5. The van der Waals surface area contributed by atoms with Crippen molar-refractivity contribution in [3.63, 3.8) is 0 Å². The topological polar surface area (TPSA) is 63.7 Å². The lowest BCUT2D eigenvalue weighted by atomic mass is 10.0. The minimum Gasteiger partial charge on any atom is -0.466 e. The monoisotopic (exact) mass is 389 g/mol. The number of ether oxygens (including phenoxy) is 1. The van der Waals surface area contributed by atoms with Crippen molar-refractivity contribution < 1.29 is 17.9 Å². The molecule has 2 rings (SSSR count). The highest BCUT2D eigenvalue weighted by molar-refractivity contribution is 9.10. The van der Waals surface area contributed by atoms with Gasteiger partial charge in [-0.25, -0.2) is 8.42 Å². The number of carbonyl (C=O) groups is 1. The normalized spacial score (nSPS) is 19.9. The fourth-order valence-corrected chi connectivity index (χ4v) is 5.24. The molecule has 0 aromatic heterocycles. The molecule has 1 aromatic rings. The van der Waals surface area contributed by atoms with Crippen molar-refractivity contribution >= 4 is 31.9 Å². The van der Waals surface area contributed by atoms with Gasteiger partial charge in [-0.05, 0) is 60.3 Å². The number of hydrogen-bond donors (Lipinski definition) is 0. The smallest absolute Gasteiger partial charge is 0.310 e. The predicted octanol–water partition coefficient (Wildman–Crippen LogP) is 2.72. The SMILES string of the molecule is CCOC(=O)C1CCCN(S(=O)(=O)c2ccc(C)cc2Br)C1. The zero-order valence-electron chi connectivity index (χ0n) is 12.7. The summed E-state index contributed by atoms with van der Waals surface area (Å²) in [6, 6.07) is 5.15. The highest BCUT2D eigenvalue weighted by Crippen LogP contribution is 2.29. The van der Waals surface area contributed by atoms with Crippen molar-refractivity contribution in [2.24, 2.45) is 5.92 Å². The molecule has 1 aromatic carbocycles. The van der Waals surface area contributed by atoms with Crippen molar-refractivity contribution in [1.29, 1.82) is 0 Å². The Kier molecular flexibility index (Phi) is 5.63. The van der Waals surface area contributed by atoms with Gasteiger partial charge in [0.1, 0.15) is 0 Å². The third-order valence-electron chi connectivity index (χ3n) is 3.71. The van der Waals surface area contributed by atoms with E-state index in [-0.39, 0.29) is 23.3 Å². The summed E-state index contributed by atoms with van der Waals surface area (Å²) in [5.74, 6) is -0.696. The van der Waals surface area contributed by atoms with Gasteiger partial charge < -0.3 is 4.74 Å². The molecule has 1 aliphatic heterocycles. The number of sulfonamides is 1. The molecular formula is C15H20BrNO4S. The summed E-state index contributed by atoms with van der Waals surface area (Å²) in [5, 5.41) is 0. The standard InChI is InChI=1S/C15H20BrNO4S/c1-3-21-15(18)12-5-4-8-17(10-12)22(19,20)14-7-6-11(2)9-13(14)16/h6-7,9,12H,3-5,8,10H2,1-2H3. The van der Waals surface area contributed by atoms with E-state index in [0.29, 0.717) is 30.5 Å². The number of esters is 1. The van der Waals surface area contributed by atoms with Gasteiger partial charge in [0.05, 0.1) is 17.4 Å². The summed E-state index contributed by atoms with van der Waals surface area (Å²) in [6.07, 6.45) is 1.33. The van der Waals surface area contributed by atoms with Crippen LogP contribution in [0.3, 0.4) is 0 Å². The van der Waals surface area contributed by atoms with E-state index in [1.807, 2.05) is 6.92 Å². The Morgan fingerprint density at radius 1 is 1.45 bits per heavy atom. The van der Waals surface area contributed by atoms with Crippen LogP contribution in [0.4, 0.5) is 0 Å². The molecule has 22 heavy (non-hydrogen) atoms. The van der Waals surface area contributed by atoms with E-state index in [0.717, 1.165) is 5.56 Å². The zero-order valence-corrected chi connectivity index (χ0v) is 15.1. The Labute approximate surface area is 139 Å². The fraction of sp³-hybridized carbons (Fsp3) is 0.533. The van der Waals surface area contributed by atoms with Gasteiger partial charge in [-0.2, -0.15) is 4.31 Å². The van der Waals surface area contributed by atoms with Crippen LogP contribution in [0.5, 0.6) is 0 Å². The van der Waals surface area contributed by atoms with Crippen LogP contribution in [-0.2, 0) is 19.6 Å². The molecule has 1 unspecified atom stereocenters. The number of aryl methyl sites for hydroxylation is 1. The molecule has 5 nitrogen and oxygen atoms in total. The number of benzene rings is 1. The first kappa shape index (κ1) is 17.4. The second-order valence-electron chi connectivity index (χ2n) is 5.39. The van der Waals surface area contributed by atoms with Gasteiger partial charge in [0, 0.05) is 17.6 Å². The van der Waals surface area contributed by atoms with Crippen LogP contribution in [0.1, 0.15) is 25.3 Å². The van der Waals surface area contributed by atoms with Gasteiger partial charge in [-0.3, -0.25) is 4.79 Å². The molecule has 0 amide bonds. The Morgan fingerprint density at radius 3 is 2.82 bits per heavy atom. The Bertz CT molecular complexity index is 660. The number of nitrogens with zero attached hydrogens (tertiary/aromatic N) is 1. The minimum atomic E-state index is -3.61. The van der Waals surface area contributed by atoms with Crippen LogP contribution in [0.15, 0.2) is 27.6 Å². The van der Waals surface area contributed by atoms with Gasteiger partial charge in [0.25, 0.3) is 0 Å². The Hall–Kier alpha value is -0.920. The summed E-state index contributed by atoms with van der Waals surface area (Å²) in [5.41, 5.74) is 0.980. The average Bonchev–Trinajstić information content (AvgIpc) is 2.47. The van der Waals surface area contributed by atoms with Crippen molar-refractivity contribution in [2.75, 3.05) is 19.7 Å². The second-order valence-corrected chi connectivity index (χ2v) is 8.15. The number of halogens is 1. The van der Waals surface area contributed by atoms with Crippen LogP contribution >= 0.6 is 15.9 Å². The van der Waals surface area contributed by atoms with Gasteiger partial charge >= 0.3 is 5.97 Å². The molecule has 0 bridgehead atoms. The minimum absolute atomic E-state index is 0.182. The maximum atomic E-state index is 12.8. The highest BCUT2D eigenvalue weighted by Gasteiger charge is 2.34. The molecule has 1 aliphatic rings. The van der Waals surface area contributed by atoms with Crippen LogP contribution in [-0.4, -0.2) is 38.4 Å². The summed E-state index contributed by atoms with van der Waals surface area (Å²) in [6.45, 7) is 4.57. The van der Waals surface area contributed by atoms with Gasteiger partial charge in [-0.1, -0.05) is 6.07 Å². The predicted molar refractivity (Wildman–Crippen MR) is 87.0 cm³/mol. The zero-order chi connectivity index (χ0) is 16.3. The molecule has 1 fully saturated rings. The first-order valence-corrected chi connectivity index (χ1v) is 9.52. The van der Waals surface area contributed by atoms with Crippen LogP contribution < -0.4 is 0 Å². The van der Waals surface area contributed by atoms with E-state index in [4.69, 9.17) is 4.74 Å². The molecule has 7 heteroatoms. The van der Waals surface area contributed by atoms with Crippen molar-refractivity contribution in [2.45, 2.75) is 31.6 Å². The molecular weight excluding hydrogens is 370 g/mol. The van der Waals surface area contributed by atoms with Crippen LogP contribution in [0, 0.1) is 12.8 Å². The molecule has 0 aliphatic carbocycles. The first-order valence-electron chi connectivity index (χ1n) is 7.29. The number of rotatable bonds is 4. The third kappa shape index (κ3) is 3.70. The molecule has 0 radical (unpaired) electrons. The largest absolute Gasteiger partial charge is 0.466 e. The fourth-order valence-electron chi connectivity index (χ4n) is 2.57. The summed E-state index contributed by atoms with van der Waals surface area (Å²) in [4.78, 5) is 12.1. The quantitative estimate of drug-likeness (QED) is 0.742. The lowest BCUT2D eigenvalue weighted by molar-refractivity contribution is -0.149. The van der Waals surface area contributed by atoms with Crippen molar-refractivity contribution in [3.8, 4) is 0 Å². The molecule has 1 saturated heterocycles. The number of carbonyl (C=O) groups excluding carboxylic acids is 1. The maximum absolute atomic E-state index is 12.8. The molecule has 1 atom stereocenters. The first-order chi connectivity index (χ1) is 10.4. The maximum Gasteiger partial charge on any atom is 0.310 e. The summed E-state index contributed by atoms with van der Waals surface area (Å²) in [7, 11) is -3.61. The van der Waals surface area contributed by atoms with Gasteiger partial charge in [0.15, 0.2) is 0 Å². The molecule has 0 spiro atoms. The van der Waals surface area contributed by atoms with Gasteiger partial charge in [-0.15, -0.1) is 0 Å². The summed E-state index contributed by atoms with van der Waals surface area (Å²) >= 11 is 3.32. The Morgan fingerprint density at radius 2 is 2.18 bits per heavy atom. The van der Waals surface area contributed by atoms with Crippen molar-refractivity contribution in [1.82, 2.24) is 4.31 Å². The molecule has 1 heterocycles. The van der Waals surface area contributed by atoms with E-state index < -0.39 is 10.0 Å². The molecule has 0 N–H and O–H groups in total. The van der Waals surface area contributed by atoms with E-state index in [9.17, 15) is 13.2 Å². The average molecular weight is 390 g/mol. The highest BCUT2D eigenvalue weighted by atomic mass is 79.9. The number of hydrogen-bond acceptors (Lipinski definition) is 4. The van der Waals surface area contributed by atoms with E-state index in [1.165, 1.54) is 4.31 Å². The Balaban J connectivity index is 2.23. The van der Waals surface area contributed by atoms with Crippen molar-refractivity contribution in [3.05, 3.63) is 28.2 Å². The number of piperidine rings is 1. The molecule has 0 saturated carbocycles. The lowest BCUT2D eigenvalue weighted by Gasteiger charge is -2.31. The van der Waals surface area contributed by atoms with Crippen LogP contribution in [0.2, 0.25) is 0 Å². The van der Waals surface area contributed by atoms with E-state index in [2.05, 4.69) is 15.9 Å².